The summed E-state index contributed by atoms with van der Waals surface area (Å²) >= 11 is 0. The first-order valence-electron chi connectivity index (χ1n) is 5.22. The molecular formula is C12H10N4O. The van der Waals surface area contributed by atoms with Crippen LogP contribution in [-0.2, 0) is 7.05 Å². The third-order valence-corrected chi connectivity index (χ3v) is 2.72. The van der Waals surface area contributed by atoms with Gasteiger partial charge in [0, 0.05) is 25.0 Å². The highest BCUT2D eigenvalue weighted by Crippen LogP contribution is 2.18. The molecule has 84 valence electrons. The molecule has 0 saturated carbocycles. The van der Waals surface area contributed by atoms with Crippen molar-refractivity contribution in [2.45, 2.75) is 0 Å². The number of aryl methyl sites for hydroxylation is 1. The second kappa shape index (κ2) is 3.55. The lowest BCUT2D eigenvalue weighted by Gasteiger charge is -2.00. The van der Waals surface area contributed by atoms with Crippen LogP contribution in [0.5, 0.6) is 0 Å². The van der Waals surface area contributed by atoms with Gasteiger partial charge in [-0.2, -0.15) is 0 Å². The van der Waals surface area contributed by atoms with Gasteiger partial charge in [0.1, 0.15) is 0 Å². The highest BCUT2D eigenvalue weighted by atomic mass is 16.1. The third kappa shape index (κ3) is 1.52. The van der Waals surface area contributed by atoms with Crippen LogP contribution in [0.3, 0.4) is 0 Å². The zero-order chi connectivity index (χ0) is 11.8. The Kier molecular flexibility index (Phi) is 2.04. The molecule has 0 spiro atoms. The van der Waals surface area contributed by atoms with Crippen LogP contribution in [0.15, 0.2) is 41.5 Å². The molecule has 5 heteroatoms. The summed E-state index contributed by atoms with van der Waals surface area (Å²) in [5, 5.41) is 0. The molecular weight excluding hydrogens is 216 g/mol. The number of hydrogen-bond acceptors (Lipinski definition) is 3. The lowest BCUT2D eigenvalue weighted by molar-refractivity contribution is 0.879. The van der Waals surface area contributed by atoms with Gasteiger partial charge in [-0.1, -0.05) is 0 Å². The Labute approximate surface area is 96.8 Å². The number of hydrogen-bond donors (Lipinski definition) is 1. The number of nitrogens with one attached hydrogen (secondary N) is 1. The monoisotopic (exact) mass is 226 g/mol. The van der Waals surface area contributed by atoms with Gasteiger partial charge < -0.3 is 4.98 Å². The molecule has 0 radical (unpaired) electrons. The van der Waals surface area contributed by atoms with Gasteiger partial charge in [0.2, 0.25) is 0 Å². The molecule has 0 aliphatic heterocycles. The van der Waals surface area contributed by atoms with Crippen molar-refractivity contribution in [3.05, 3.63) is 47.1 Å². The van der Waals surface area contributed by atoms with E-state index in [4.69, 9.17) is 0 Å². The number of rotatable bonds is 1. The number of nitrogens with zero attached hydrogens (tertiary/aromatic N) is 3. The van der Waals surface area contributed by atoms with Crippen LogP contribution >= 0.6 is 0 Å². The van der Waals surface area contributed by atoms with E-state index in [0.717, 1.165) is 16.8 Å². The van der Waals surface area contributed by atoms with E-state index in [-0.39, 0.29) is 5.69 Å². The summed E-state index contributed by atoms with van der Waals surface area (Å²) in [4.78, 5) is 22.6. The number of H-pyrrole nitrogens is 1. The molecule has 5 nitrogen and oxygen atoms in total. The minimum atomic E-state index is -0.153. The number of aromatic nitrogens is 4. The molecule has 0 fully saturated rings. The molecule has 0 aliphatic carbocycles. The largest absolute Gasteiger partial charge is 0.327 e. The Balaban J connectivity index is 2.27. The third-order valence-electron chi connectivity index (χ3n) is 2.72. The summed E-state index contributed by atoms with van der Waals surface area (Å²) in [6, 6.07) is 7.52. The molecule has 0 unspecified atom stereocenters. The molecule has 3 heterocycles. The minimum absolute atomic E-state index is 0.153. The standard InChI is InChI=1S/C12H10N4O/c1-16-11-10(15-12(16)17)3-2-9(14-11)8-4-6-13-7-5-8/h2-7H,1H3,(H,15,17). The molecule has 3 aromatic rings. The van der Waals surface area contributed by atoms with Crippen LogP contribution < -0.4 is 5.69 Å². The Morgan fingerprint density at radius 3 is 2.71 bits per heavy atom. The molecule has 17 heavy (non-hydrogen) atoms. The lowest BCUT2D eigenvalue weighted by atomic mass is 10.2. The van der Waals surface area contributed by atoms with Gasteiger partial charge in [0.15, 0.2) is 5.65 Å². The van der Waals surface area contributed by atoms with E-state index in [0.29, 0.717) is 5.65 Å². The molecule has 0 saturated heterocycles. The zero-order valence-corrected chi connectivity index (χ0v) is 9.21. The molecule has 0 aliphatic rings. The van der Waals surface area contributed by atoms with E-state index in [1.165, 1.54) is 4.57 Å². The number of aromatic amines is 1. The van der Waals surface area contributed by atoms with E-state index in [1.54, 1.807) is 19.4 Å². The number of fused-ring (bicyclic) bond motifs is 1. The first-order valence-corrected chi connectivity index (χ1v) is 5.22. The summed E-state index contributed by atoms with van der Waals surface area (Å²) in [6.45, 7) is 0. The minimum Gasteiger partial charge on any atom is -0.304 e. The van der Waals surface area contributed by atoms with Gasteiger partial charge >= 0.3 is 5.69 Å². The predicted octanol–water partition coefficient (Wildman–Crippen LogP) is 1.32. The second-order valence-electron chi connectivity index (χ2n) is 3.79. The quantitative estimate of drug-likeness (QED) is 0.680. The van der Waals surface area contributed by atoms with Crippen LogP contribution in [0.25, 0.3) is 22.4 Å². The maximum atomic E-state index is 11.4. The zero-order valence-electron chi connectivity index (χ0n) is 9.21. The molecule has 1 N–H and O–H groups in total. The summed E-state index contributed by atoms with van der Waals surface area (Å²) in [7, 11) is 1.70. The first kappa shape index (κ1) is 9.77. The lowest BCUT2D eigenvalue weighted by Crippen LogP contribution is -2.12. The van der Waals surface area contributed by atoms with Crippen LogP contribution in [-0.4, -0.2) is 19.5 Å². The van der Waals surface area contributed by atoms with Crippen molar-refractivity contribution in [3.8, 4) is 11.3 Å². The average molecular weight is 226 g/mol. The van der Waals surface area contributed by atoms with E-state index in [9.17, 15) is 4.79 Å². The average Bonchev–Trinajstić information content (AvgIpc) is 2.66. The molecule has 0 aromatic carbocycles. The Hall–Kier alpha value is -2.43. The van der Waals surface area contributed by atoms with E-state index >= 15 is 0 Å². The fourth-order valence-electron chi connectivity index (χ4n) is 1.78. The van der Waals surface area contributed by atoms with Crippen molar-refractivity contribution >= 4 is 11.2 Å². The van der Waals surface area contributed by atoms with Crippen molar-refractivity contribution in [3.63, 3.8) is 0 Å². The van der Waals surface area contributed by atoms with Crippen molar-refractivity contribution in [1.29, 1.82) is 0 Å². The highest BCUT2D eigenvalue weighted by molar-refractivity contribution is 5.75. The second-order valence-corrected chi connectivity index (χ2v) is 3.79. The van der Waals surface area contributed by atoms with Crippen LogP contribution in [0.2, 0.25) is 0 Å². The maximum Gasteiger partial charge on any atom is 0.327 e. The van der Waals surface area contributed by atoms with Crippen molar-refractivity contribution in [2.75, 3.05) is 0 Å². The van der Waals surface area contributed by atoms with Gasteiger partial charge in [0.25, 0.3) is 0 Å². The van der Waals surface area contributed by atoms with Gasteiger partial charge in [-0.3, -0.25) is 9.55 Å². The normalized spacial score (nSPS) is 10.9. The van der Waals surface area contributed by atoms with E-state index < -0.39 is 0 Å². The van der Waals surface area contributed by atoms with Crippen molar-refractivity contribution < 1.29 is 0 Å². The fraction of sp³-hybridized carbons (Fsp3) is 0.0833. The number of imidazole rings is 1. The first-order chi connectivity index (χ1) is 8.25. The Morgan fingerprint density at radius 2 is 1.94 bits per heavy atom. The SMILES string of the molecule is Cn1c(=O)[nH]c2ccc(-c3ccncc3)nc21. The topological polar surface area (TPSA) is 63.6 Å². The van der Waals surface area contributed by atoms with E-state index in [2.05, 4.69) is 15.0 Å². The molecule has 0 amide bonds. The van der Waals surface area contributed by atoms with Crippen LogP contribution in [0.4, 0.5) is 0 Å². The van der Waals surface area contributed by atoms with Gasteiger partial charge in [0.05, 0.1) is 11.2 Å². The van der Waals surface area contributed by atoms with E-state index in [1.807, 2.05) is 24.3 Å². The summed E-state index contributed by atoms with van der Waals surface area (Å²) < 4.78 is 1.50. The van der Waals surface area contributed by atoms with Gasteiger partial charge in [-0.15, -0.1) is 0 Å². The van der Waals surface area contributed by atoms with Crippen LogP contribution in [0.1, 0.15) is 0 Å². The number of pyridine rings is 2. The summed E-state index contributed by atoms with van der Waals surface area (Å²) in [5.41, 5.74) is 3.06. The molecule has 0 atom stereocenters. The highest BCUT2D eigenvalue weighted by Gasteiger charge is 2.06. The van der Waals surface area contributed by atoms with Crippen molar-refractivity contribution in [2.24, 2.45) is 7.05 Å². The fourth-order valence-corrected chi connectivity index (χ4v) is 1.78. The Morgan fingerprint density at radius 1 is 1.18 bits per heavy atom. The van der Waals surface area contributed by atoms with Gasteiger partial charge in [-0.25, -0.2) is 9.78 Å². The maximum absolute atomic E-state index is 11.4. The molecule has 3 aromatic heterocycles. The molecule has 3 rings (SSSR count). The van der Waals surface area contributed by atoms with Crippen LogP contribution in [0, 0.1) is 0 Å². The van der Waals surface area contributed by atoms with Crippen molar-refractivity contribution in [1.82, 2.24) is 19.5 Å². The predicted molar refractivity (Wildman–Crippen MR) is 64.6 cm³/mol. The summed E-state index contributed by atoms with van der Waals surface area (Å²) in [5.74, 6) is 0. The molecule has 0 bridgehead atoms. The smallest absolute Gasteiger partial charge is 0.304 e. The Bertz CT molecular complexity index is 727. The summed E-state index contributed by atoms with van der Waals surface area (Å²) in [6.07, 6.45) is 3.44. The van der Waals surface area contributed by atoms with Gasteiger partial charge in [-0.05, 0) is 24.3 Å².